The normalized spacial score (nSPS) is 11.8. The highest BCUT2D eigenvalue weighted by Crippen LogP contribution is 2.26. The van der Waals surface area contributed by atoms with E-state index in [1.165, 1.54) is 4.90 Å². The van der Waals surface area contributed by atoms with Crippen LogP contribution in [0.4, 0.5) is 5.69 Å². The molecule has 8 nitrogen and oxygen atoms in total. The van der Waals surface area contributed by atoms with Crippen molar-refractivity contribution in [3.05, 3.63) is 125 Å². The van der Waals surface area contributed by atoms with Crippen LogP contribution < -0.4 is 14.4 Å². The van der Waals surface area contributed by atoms with E-state index in [0.29, 0.717) is 28.6 Å². The van der Waals surface area contributed by atoms with E-state index < -0.39 is 28.5 Å². The van der Waals surface area contributed by atoms with Gasteiger partial charge in [0.2, 0.25) is 21.8 Å². The number of hydrogen-bond donors (Lipinski definition) is 1. The number of para-hydroxylation sites is 1. The van der Waals surface area contributed by atoms with Gasteiger partial charge in [-0.1, -0.05) is 72.3 Å². The number of likely N-dealkylation sites (N-methyl/N-ethyl adjacent to an activating group) is 1. The van der Waals surface area contributed by atoms with Crippen LogP contribution in [0.3, 0.4) is 0 Å². The first-order valence-corrected chi connectivity index (χ1v) is 16.0. The van der Waals surface area contributed by atoms with Crippen LogP contribution >= 0.6 is 11.6 Å². The van der Waals surface area contributed by atoms with E-state index in [4.69, 9.17) is 16.3 Å². The molecular formula is C33H34ClN3O5S. The summed E-state index contributed by atoms with van der Waals surface area (Å²) in [5, 5.41) is 3.32. The molecule has 10 heteroatoms. The van der Waals surface area contributed by atoms with Crippen LogP contribution in [0.2, 0.25) is 5.02 Å². The summed E-state index contributed by atoms with van der Waals surface area (Å²) < 4.78 is 32.9. The topological polar surface area (TPSA) is 96.0 Å². The molecule has 2 amide bonds. The molecule has 1 N–H and O–H groups in total. The zero-order chi connectivity index (χ0) is 30.8. The van der Waals surface area contributed by atoms with E-state index in [1.54, 1.807) is 49.4 Å². The van der Waals surface area contributed by atoms with Gasteiger partial charge in [0, 0.05) is 24.5 Å². The van der Waals surface area contributed by atoms with Gasteiger partial charge < -0.3 is 15.0 Å². The molecule has 4 aromatic carbocycles. The Labute approximate surface area is 257 Å². The van der Waals surface area contributed by atoms with Gasteiger partial charge in [0.25, 0.3) is 0 Å². The van der Waals surface area contributed by atoms with Crippen molar-refractivity contribution in [3.63, 3.8) is 0 Å². The number of rotatable bonds is 13. The number of ether oxygens (including phenoxy) is 1. The average molecular weight is 620 g/mol. The summed E-state index contributed by atoms with van der Waals surface area (Å²) in [5.41, 5.74) is 1.85. The van der Waals surface area contributed by atoms with Crippen LogP contribution in [0.1, 0.15) is 18.1 Å². The summed E-state index contributed by atoms with van der Waals surface area (Å²) in [6.45, 7) is 1.71. The fraction of sp³-hybridized carbons (Fsp3) is 0.212. The number of sulfonamides is 1. The maximum absolute atomic E-state index is 14.1. The Kier molecular flexibility index (Phi) is 10.8. The summed E-state index contributed by atoms with van der Waals surface area (Å²) in [6, 6.07) is 31.1. The number of carbonyl (C=O) groups is 2. The van der Waals surface area contributed by atoms with Gasteiger partial charge in [0.1, 0.15) is 24.1 Å². The molecule has 0 fully saturated rings. The lowest BCUT2D eigenvalue weighted by atomic mass is 10.0. The molecule has 1 unspecified atom stereocenters. The van der Waals surface area contributed by atoms with Gasteiger partial charge in [0.15, 0.2) is 0 Å². The van der Waals surface area contributed by atoms with E-state index in [1.807, 2.05) is 66.7 Å². The molecule has 0 aliphatic carbocycles. The smallest absolute Gasteiger partial charge is 0.244 e. The summed E-state index contributed by atoms with van der Waals surface area (Å²) in [7, 11) is -3.89. The fourth-order valence-corrected chi connectivity index (χ4v) is 5.66. The number of nitrogens with zero attached hydrogens (tertiary/aromatic N) is 2. The zero-order valence-electron chi connectivity index (χ0n) is 24.0. The van der Waals surface area contributed by atoms with E-state index in [9.17, 15) is 18.0 Å². The van der Waals surface area contributed by atoms with Gasteiger partial charge in [-0.2, -0.15) is 0 Å². The second-order valence-electron chi connectivity index (χ2n) is 9.93. The van der Waals surface area contributed by atoms with Gasteiger partial charge >= 0.3 is 0 Å². The zero-order valence-corrected chi connectivity index (χ0v) is 25.6. The van der Waals surface area contributed by atoms with Crippen molar-refractivity contribution in [3.8, 4) is 11.5 Å². The Bertz CT molecular complexity index is 1620. The standard InChI is InChI=1S/C33H34ClN3O5S/c1-3-35-33(39)31(22-25-11-6-4-7-12-25)36(23-26-13-10-14-27(34)21-26)32(38)24-37(43(2,40)41)28-17-19-30(20-18-28)42-29-15-8-5-9-16-29/h4-21,31H,3,22-24H2,1-2H3,(H,35,39). The first kappa shape index (κ1) is 31.6. The molecule has 1 atom stereocenters. The van der Waals surface area contributed by atoms with Crippen LogP contribution in [0.5, 0.6) is 11.5 Å². The highest BCUT2D eigenvalue weighted by atomic mass is 35.5. The van der Waals surface area contributed by atoms with Crippen LogP contribution in [-0.2, 0) is 32.6 Å². The van der Waals surface area contributed by atoms with Gasteiger partial charge in [-0.15, -0.1) is 0 Å². The highest BCUT2D eigenvalue weighted by Gasteiger charge is 2.33. The lowest BCUT2D eigenvalue weighted by Gasteiger charge is -2.33. The fourth-order valence-electron chi connectivity index (χ4n) is 4.60. The van der Waals surface area contributed by atoms with Crippen molar-refractivity contribution in [1.82, 2.24) is 10.2 Å². The molecule has 0 saturated heterocycles. The maximum Gasteiger partial charge on any atom is 0.244 e. The van der Waals surface area contributed by atoms with Crippen LogP contribution in [0, 0.1) is 0 Å². The lowest BCUT2D eigenvalue weighted by molar-refractivity contribution is -0.140. The molecule has 0 aliphatic heterocycles. The third-order valence-corrected chi connectivity index (χ3v) is 8.02. The molecule has 0 radical (unpaired) electrons. The Morgan fingerprint density at radius 3 is 2.05 bits per heavy atom. The molecule has 0 saturated carbocycles. The number of nitrogens with one attached hydrogen (secondary N) is 1. The maximum atomic E-state index is 14.1. The van der Waals surface area contributed by atoms with E-state index in [-0.39, 0.29) is 24.6 Å². The number of benzene rings is 4. The number of carbonyl (C=O) groups excluding carboxylic acids is 2. The number of halogens is 1. The molecule has 0 spiro atoms. The summed E-state index contributed by atoms with van der Waals surface area (Å²) in [4.78, 5) is 28.9. The number of amides is 2. The van der Waals surface area contributed by atoms with E-state index in [0.717, 1.165) is 16.1 Å². The highest BCUT2D eigenvalue weighted by molar-refractivity contribution is 7.92. The average Bonchev–Trinajstić information content (AvgIpc) is 2.99. The van der Waals surface area contributed by atoms with Gasteiger partial charge in [-0.05, 0) is 66.6 Å². The Morgan fingerprint density at radius 1 is 0.837 bits per heavy atom. The predicted molar refractivity (Wildman–Crippen MR) is 170 cm³/mol. The van der Waals surface area contributed by atoms with E-state index >= 15 is 0 Å². The van der Waals surface area contributed by atoms with Crippen molar-refractivity contribution in [2.24, 2.45) is 0 Å². The third kappa shape index (κ3) is 9.07. The molecule has 43 heavy (non-hydrogen) atoms. The van der Waals surface area contributed by atoms with Crippen molar-refractivity contribution in [1.29, 1.82) is 0 Å². The number of hydrogen-bond acceptors (Lipinski definition) is 5. The second-order valence-corrected chi connectivity index (χ2v) is 12.3. The molecule has 0 bridgehead atoms. The molecule has 224 valence electrons. The van der Waals surface area contributed by atoms with Gasteiger partial charge in [0.05, 0.1) is 11.9 Å². The summed E-state index contributed by atoms with van der Waals surface area (Å²) in [5.74, 6) is 0.269. The van der Waals surface area contributed by atoms with E-state index in [2.05, 4.69) is 5.32 Å². The SMILES string of the molecule is CCNC(=O)C(Cc1ccccc1)N(Cc1cccc(Cl)c1)C(=O)CN(c1ccc(Oc2ccccc2)cc1)S(C)(=O)=O. The summed E-state index contributed by atoms with van der Waals surface area (Å²) >= 11 is 6.24. The molecule has 0 heterocycles. The van der Waals surface area contributed by atoms with Crippen molar-refractivity contribution in [2.45, 2.75) is 25.9 Å². The Hall–Kier alpha value is -4.34. The minimum Gasteiger partial charge on any atom is -0.457 e. The predicted octanol–water partition coefficient (Wildman–Crippen LogP) is 5.67. The van der Waals surface area contributed by atoms with Crippen molar-refractivity contribution < 1.29 is 22.7 Å². The van der Waals surface area contributed by atoms with Crippen molar-refractivity contribution in [2.75, 3.05) is 23.7 Å². The lowest BCUT2D eigenvalue weighted by Crippen LogP contribution is -2.53. The minimum atomic E-state index is -3.89. The number of anilines is 1. The third-order valence-electron chi connectivity index (χ3n) is 6.65. The van der Waals surface area contributed by atoms with Crippen LogP contribution in [-0.4, -0.2) is 50.5 Å². The minimum absolute atomic E-state index is 0.0511. The molecular weight excluding hydrogens is 586 g/mol. The molecule has 4 rings (SSSR count). The van der Waals surface area contributed by atoms with Gasteiger partial charge in [-0.3, -0.25) is 13.9 Å². The second kappa shape index (κ2) is 14.7. The first-order chi connectivity index (χ1) is 20.6. The molecule has 4 aromatic rings. The van der Waals surface area contributed by atoms with Crippen LogP contribution in [0.15, 0.2) is 109 Å². The Morgan fingerprint density at radius 2 is 1.44 bits per heavy atom. The largest absolute Gasteiger partial charge is 0.457 e. The summed E-state index contributed by atoms with van der Waals surface area (Å²) in [6.07, 6.45) is 1.28. The Balaban J connectivity index is 1.66. The van der Waals surface area contributed by atoms with Crippen LogP contribution in [0.25, 0.3) is 0 Å². The monoisotopic (exact) mass is 619 g/mol. The molecule has 0 aliphatic rings. The van der Waals surface area contributed by atoms with Gasteiger partial charge in [-0.25, -0.2) is 8.42 Å². The quantitative estimate of drug-likeness (QED) is 0.208. The van der Waals surface area contributed by atoms with Crippen molar-refractivity contribution >= 4 is 39.1 Å². The molecule has 0 aromatic heterocycles. The first-order valence-electron chi connectivity index (χ1n) is 13.8.